The maximum absolute atomic E-state index is 11.7. The molecule has 1 aromatic rings. The summed E-state index contributed by atoms with van der Waals surface area (Å²) in [5.41, 5.74) is 1.49. The molecule has 0 amide bonds. The number of aromatic nitrogens is 1. The summed E-state index contributed by atoms with van der Waals surface area (Å²) in [7, 11) is -1.22. The summed E-state index contributed by atoms with van der Waals surface area (Å²) in [5.74, 6) is 0. The van der Waals surface area contributed by atoms with Gasteiger partial charge in [-0.2, -0.15) is 4.40 Å². The van der Waals surface area contributed by atoms with Crippen LogP contribution in [0.3, 0.4) is 0 Å². The molecule has 0 saturated carbocycles. The molecule has 1 aromatic heterocycles. The van der Waals surface area contributed by atoms with Crippen molar-refractivity contribution in [3.63, 3.8) is 0 Å². The Labute approximate surface area is 93.2 Å². The summed E-state index contributed by atoms with van der Waals surface area (Å²) in [6.07, 6.45) is 1.70. The van der Waals surface area contributed by atoms with E-state index < -0.39 is 11.0 Å². The highest BCUT2D eigenvalue weighted by Gasteiger charge is 2.19. The van der Waals surface area contributed by atoms with E-state index in [0.717, 1.165) is 5.69 Å². The number of hydrogen-bond donors (Lipinski definition) is 0. The van der Waals surface area contributed by atoms with E-state index in [2.05, 4.69) is 9.38 Å². The van der Waals surface area contributed by atoms with Crippen LogP contribution >= 0.6 is 0 Å². The Bertz CT molecular complexity index is 379. The van der Waals surface area contributed by atoms with Crippen molar-refractivity contribution < 1.29 is 4.21 Å². The first-order valence-electron chi connectivity index (χ1n) is 4.80. The highest BCUT2D eigenvalue weighted by molar-refractivity contribution is 7.85. The summed E-state index contributed by atoms with van der Waals surface area (Å²) in [4.78, 5) is 4.15. The second kappa shape index (κ2) is 4.66. The Balaban J connectivity index is 2.91. The Morgan fingerprint density at radius 1 is 1.40 bits per heavy atom. The molecule has 0 aliphatic rings. The first-order valence-corrected chi connectivity index (χ1v) is 5.90. The predicted octanol–water partition coefficient (Wildman–Crippen LogP) is 2.35. The van der Waals surface area contributed by atoms with E-state index in [0.29, 0.717) is 5.71 Å². The van der Waals surface area contributed by atoms with Gasteiger partial charge in [-0.25, -0.2) is 4.21 Å². The number of pyridine rings is 1. The molecular weight excluding hydrogens is 208 g/mol. The van der Waals surface area contributed by atoms with Gasteiger partial charge in [0.25, 0.3) is 0 Å². The molecule has 15 heavy (non-hydrogen) atoms. The van der Waals surface area contributed by atoms with Gasteiger partial charge in [0.05, 0.1) is 16.2 Å². The second-order valence-electron chi connectivity index (χ2n) is 4.25. The lowest BCUT2D eigenvalue weighted by atomic mass is 10.3. The van der Waals surface area contributed by atoms with Gasteiger partial charge in [-0.1, -0.05) is 6.07 Å². The van der Waals surface area contributed by atoms with Crippen LogP contribution in [0.4, 0.5) is 0 Å². The van der Waals surface area contributed by atoms with Crippen LogP contribution in [0.15, 0.2) is 28.8 Å². The van der Waals surface area contributed by atoms with Crippen LogP contribution in [0.5, 0.6) is 0 Å². The molecular formula is C11H16N2OS. The van der Waals surface area contributed by atoms with Crippen molar-refractivity contribution in [1.82, 2.24) is 4.98 Å². The average molecular weight is 224 g/mol. The van der Waals surface area contributed by atoms with E-state index in [1.807, 2.05) is 45.9 Å². The second-order valence-corrected chi connectivity index (χ2v) is 6.16. The van der Waals surface area contributed by atoms with Crippen LogP contribution in [0.2, 0.25) is 0 Å². The fourth-order valence-corrected chi connectivity index (χ4v) is 1.50. The highest BCUT2D eigenvalue weighted by atomic mass is 32.2. The molecule has 0 radical (unpaired) electrons. The van der Waals surface area contributed by atoms with Crippen molar-refractivity contribution in [2.24, 2.45) is 4.40 Å². The molecule has 0 bridgehead atoms. The zero-order valence-electron chi connectivity index (χ0n) is 9.52. The zero-order chi connectivity index (χ0) is 11.5. The Morgan fingerprint density at radius 3 is 2.53 bits per heavy atom. The number of rotatable bonds is 2. The highest BCUT2D eigenvalue weighted by Crippen LogP contribution is 2.13. The third kappa shape index (κ3) is 3.55. The van der Waals surface area contributed by atoms with Crippen LogP contribution in [-0.2, 0) is 11.0 Å². The molecule has 0 aliphatic heterocycles. The largest absolute Gasteiger partial charge is 0.255 e. The lowest BCUT2D eigenvalue weighted by molar-refractivity contribution is 0.650. The molecule has 0 N–H and O–H groups in total. The molecule has 0 saturated heterocycles. The molecule has 0 aliphatic carbocycles. The standard InChI is InChI=1S/C11H16N2OS/c1-9(10-7-5-6-8-12-10)13-15(14)11(2,3)4/h5-8H,1-4H3/t15-/m0/s1. The molecule has 0 fully saturated rings. The molecule has 0 aromatic carbocycles. The van der Waals surface area contributed by atoms with E-state index in [4.69, 9.17) is 0 Å². The normalized spacial score (nSPS) is 15.1. The van der Waals surface area contributed by atoms with Crippen molar-refractivity contribution >= 4 is 16.7 Å². The maximum atomic E-state index is 11.7. The van der Waals surface area contributed by atoms with Gasteiger partial charge in [0.2, 0.25) is 0 Å². The summed E-state index contributed by atoms with van der Waals surface area (Å²) >= 11 is 0. The van der Waals surface area contributed by atoms with Crippen molar-refractivity contribution in [2.75, 3.05) is 0 Å². The third-order valence-electron chi connectivity index (χ3n) is 1.78. The zero-order valence-corrected chi connectivity index (χ0v) is 10.3. The lowest BCUT2D eigenvalue weighted by Crippen LogP contribution is -2.20. The van der Waals surface area contributed by atoms with E-state index in [9.17, 15) is 4.21 Å². The molecule has 0 unspecified atom stereocenters. The molecule has 1 atom stereocenters. The molecule has 3 nitrogen and oxygen atoms in total. The topological polar surface area (TPSA) is 42.3 Å². The van der Waals surface area contributed by atoms with E-state index >= 15 is 0 Å². The quantitative estimate of drug-likeness (QED) is 0.724. The Morgan fingerprint density at radius 2 is 2.07 bits per heavy atom. The van der Waals surface area contributed by atoms with Crippen molar-refractivity contribution in [2.45, 2.75) is 32.4 Å². The van der Waals surface area contributed by atoms with E-state index in [1.54, 1.807) is 6.20 Å². The minimum Gasteiger partial charge on any atom is -0.255 e. The molecule has 1 rings (SSSR count). The van der Waals surface area contributed by atoms with Crippen LogP contribution in [0.1, 0.15) is 33.4 Å². The van der Waals surface area contributed by atoms with Crippen LogP contribution in [0.25, 0.3) is 0 Å². The fraction of sp³-hybridized carbons (Fsp3) is 0.455. The van der Waals surface area contributed by atoms with Crippen molar-refractivity contribution in [3.05, 3.63) is 30.1 Å². The van der Waals surface area contributed by atoms with Gasteiger partial charge >= 0.3 is 0 Å². The van der Waals surface area contributed by atoms with Gasteiger partial charge in [-0.05, 0) is 39.8 Å². The van der Waals surface area contributed by atoms with Crippen LogP contribution < -0.4 is 0 Å². The van der Waals surface area contributed by atoms with Gasteiger partial charge in [-0.15, -0.1) is 0 Å². The summed E-state index contributed by atoms with van der Waals surface area (Å²) < 4.78 is 15.6. The molecule has 1 heterocycles. The third-order valence-corrected chi connectivity index (χ3v) is 3.27. The van der Waals surface area contributed by atoms with Crippen molar-refractivity contribution in [3.8, 4) is 0 Å². The maximum Gasteiger partial charge on any atom is 0.145 e. The molecule has 82 valence electrons. The smallest absolute Gasteiger partial charge is 0.145 e. The van der Waals surface area contributed by atoms with Crippen LogP contribution in [-0.4, -0.2) is 19.7 Å². The Hall–Kier alpha value is -1.03. The monoisotopic (exact) mass is 224 g/mol. The molecule has 0 spiro atoms. The first kappa shape index (κ1) is 12.0. The van der Waals surface area contributed by atoms with Gasteiger partial charge in [0.1, 0.15) is 11.0 Å². The lowest BCUT2D eigenvalue weighted by Gasteiger charge is -2.13. The minimum atomic E-state index is -1.22. The minimum absolute atomic E-state index is 0.323. The predicted molar refractivity (Wildman–Crippen MR) is 64.3 cm³/mol. The van der Waals surface area contributed by atoms with Gasteiger partial charge in [0.15, 0.2) is 0 Å². The SMILES string of the molecule is CC(=N[S@@](=O)C(C)(C)C)c1ccccn1. The number of nitrogens with zero attached hydrogens (tertiary/aromatic N) is 2. The van der Waals surface area contributed by atoms with E-state index in [-0.39, 0.29) is 4.75 Å². The van der Waals surface area contributed by atoms with Crippen molar-refractivity contribution in [1.29, 1.82) is 0 Å². The van der Waals surface area contributed by atoms with Gasteiger partial charge in [-0.3, -0.25) is 4.98 Å². The average Bonchev–Trinajstić information content (AvgIpc) is 2.17. The van der Waals surface area contributed by atoms with Gasteiger partial charge in [0, 0.05) is 6.20 Å². The van der Waals surface area contributed by atoms with Gasteiger partial charge < -0.3 is 0 Å². The number of hydrogen-bond acceptors (Lipinski definition) is 2. The van der Waals surface area contributed by atoms with E-state index in [1.165, 1.54) is 0 Å². The Kier molecular flexibility index (Phi) is 3.74. The molecule has 4 heteroatoms. The first-order chi connectivity index (χ1) is 6.91. The fourth-order valence-electron chi connectivity index (χ4n) is 0.885. The summed E-state index contributed by atoms with van der Waals surface area (Å²) in [6, 6.07) is 5.59. The summed E-state index contributed by atoms with van der Waals surface area (Å²) in [5, 5.41) is 0. The van der Waals surface area contributed by atoms with Crippen LogP contribution in [0, 0.1) is 0 Å². The summed E-state index contributed by atoms with van der Waals surface area (Å²) in [6.45, 7) is 7.53.